The first-order valence-electron chi connectivity index (χ1n) is 12.6. The molecule has 2 aromatic carbocycles. The molecular formula is C28H37F3N4O3. The second-order valence-electron chi connectivity index (χ2n) is 10.7. The summed E-state index contributed by atoms with van der Waals surface area (Å²) >= 11 is 0. The second-order valence-corrected chi connectivity index (χ2v) is 10.7. The Balaban J connectivity index is 1.75. The molecule has 2 amide bonds. The summed E-state index contributed by atoms with van der Waals surface area (Å²) < 4.78 is 46.2. The first-order chi connectivity index (χ1) is 17.7. The Morgan fingerprint density at radius 2 is 1.74 bits per heavy atom. The minimum Gasteiger partial charge on any atom is -0.444 e. The van der Waals surface area contributed by atoms with Crippen LogP contribution in [0.3, 0.4) is 0 Å². The number of rotatable bonds is 8. The summed E-state index contributed by atoms with van der Waals surface area (Å²) in [5, 5.41) is 3.17. The minimum absolute atomic E-state index is 0.0530. The number of hydrogen-bond donors (Lipinski definition) is 1. The molecule has 2 aromatic rings. The number of likely N-dealkylation sites (N-methyl/N-ethyl adjacent to an activating group) is 1. The van der Waals surface area contributed by atoms with Gasteiger partial charge in [-0.2, -0.15) is 13.2 Å². The smallest absolute Gasteiger partial charge is 0.416 e. The molecule has 208 valence electrons. The summed E-state index contributed by atoms with van der Waals surface area (Å²) in [5.41, 5.74) is 1.40. The van der Waals surface area contributed by atoms with E-state index in [1.807, 2.05) is 58.0 Å². The fraction of sp³-hybridized carbons (Fsp3) is 0.500. The van der Waals surface area contributed by atoms with Crippen molar-refractivity contribution in [1.29, 1.82) is 0 Å². The molecule has 0 fully saturated rings. The topological polar surface area (TPSA) is 65.1 Å². The summed E-state index contributed by atoms with van der Waals surface area (Å²) in [6, 6.07) is 11.1. The normalized spacial score (nSPS) is 13.8. The molecule has 0 aromatic heterocycles. The maximum Gasteiger partial charge on any atom is 0.416 e. The van der Waals surface area contributed by atoms with Crippen molar-refractivity contribution in [2.75, 3.05) is 45.6 Å². The average Bonchev–Trinajstić information content (AvgIpc) is 2.83. The Kier molecular flexibility index (Phi) is 9.30. The number of nitrogens with one attached hydrogen (secondary N) is 1. The molecule has 0 saturated carbocycles. The van der Waals surface area contributed by atoms with E-state index < -0.39 is 23.4 Å². The molecule has 3 rings (SSSR count). The van der Waals surface area contributed by atoms with Crippen LogP contribution in [-0.4, -0.2) is 72.6 Å². The van der Waals surface area contributed by atoms with Gasteiger partial charge in [0.2, 0.25) is 5.91 Å². The zero-order chi connectivity index (χ0) is 28.1. The van der Waals surface area contributed by atoms with E-state index in [1.165, 1.54) is 17.0 Å². The summed E-state index contributed by atoms with van der Waals surface area (Å²) in [6.07, 6.45) is -4.25. The van der Waals surface area contributed by atoms with Crippen molar-refractivity contribution in [3.05, 3.63) is 64.7 Å². The van der Waals surface area contributed by atoms with Gasteiger partial charge in [-0.3, -0.25) is 4.79 Å². The van der Waals surface area contributed by atoms with Gasteiger partial charge in [-0.05, 0) is 70.1 Å². The highest BCUT2D eigenvalue weighted by Crippen LogP contribution is 2.32. The number of hydrogen-bond acceptors (Lipinski definition) is 5. The third-order valence-electron chi connectivity index (χ3n) is 6.21. The van der Waals surface area contributed by atoms with E-state index >= 15 is 0 Å². The second kappa shape index (κ2) is 12.1. The van der Waals surface area contributed by atoms with Crippen molar-refractivity contribution in [3.63, 3.8) is 0 Å². The maximum atomic E-state index is 13.6. The SMILES string of the molecule is CN(C)CCN(Cc1ccccc1C(F)(F)F)C(=O)CNc1cccc2c1CN(C(=O)OC(C)(C)C)CC2. The first kappa shape index (κ1) is 29.3. The lowest BCUT2D eigenvalue weighted by Crippen LogP contribution is -2.41. The molecule has 10 heteroatoms. The van der Waals surface area contributed by atoms with E-state index in [0.29, 0.717) is 31.7 Å². The summed E-state index contributed by atoms with van der Waals surface area (Å²) in [7, 11) is 3.69. The fourth-order valence-corrected chi connectivity index (χ4v) is 4.26. The molecule has 1 heterocycles. The van der Waals surface area contributed by atoms with Gasteiger partial charge < -0.3 is 24.8 Å². The van der Waals surface area contributed by atoms with Gasteiger partial charge in [0, 0.05) is 31.9 Å². The van der Waals surface area contributed by atoms with Crippen LogP contribution >= 0.6 is 0 Å². The third-order valence-corrected chi connectivity index (χ3v) is 6.21. The number of benzene rings is 2. The van der Waals surface area contributed by atoms with Crippen LogP contribution in [0, 0.1) is 0 Å². The summed E-state index contributed by atoms with van der Waals surface area (Å²) in [5.74, 6) is -0.318. The molecule has 0 spiro atoms. The maximum absolute atomic E-state index is 13.6. The molecule has 1 aliphatic rings. The van der Waals surface area contributed by atoms with E-state index in [-0.39, 0.29) is 31.1 Å². The number of alkyl halides is 3. The van der Waals surface area contributed by atoms with Crippen LogP contribution in [0.1, 0.15) is 43.0 Å². The number of halogens is 3. The van der Waals surface area contributed by atoms with Crippen LogP contribution < -0.4 is 5.32 Å². The van der Waals surface area contributed by atoms with Gasteiger partial charge in [-0.1, -0.05) is 30.3 Å². The number of fused-ring (bicyclic) bond motifs is 1. The third kappa shape index (κ3) is 8.11. The van der Waals surface area contributed by atoms with Crippen molar-refractivity contribution in [2.24, 2.45) is 0 Å². The average molecular weight is 535 g/mol. The highest BCUT2D eigenvalue weighted by molar-refractivity contribution is 5.81. The molecule has 0 atom stereocenters. The van der Waals surface area contributed by atoms with Gasteiger partial charge in [0.15, 0.2) is 0 Å². The van der Waals surface area contributed by atoms with E-state index in [0.717, 1.165) is 17.2 Å². The Morgan fingerprint density at radius 1 is 1.03 bits per heavy atom. The molecule has 0 aliphatic carbocycles. The van der Waals surface area contributed by atoms with Crippen molar-refractivity contribution in [3.8, 4) is 0 Å². The minimum atomic E-state index is -4.51. The van der Waals surface area contributed by atoms with E-state index in [4.69, 9.17) is 4.74 Å². The van der Waals surface area contributed by atoms with Gasteiger partial charge in [-0.15, -0.1) is 0 Å². The van der Waals surface area contributed by atoms with Crippen molar-refractivity contribution >= 4 is 17.7 Å². The Bertz CT molecular complexity index is 1130. The first-order valence-corrected chi connectivity index (χ1v) is 12.6. The van der Waals surface area contributed by atoms with E-state index in [1.54, 1.807) is 11.0 Å². The van der Waals surface area contributed by atoms with Crippen LogP contribution in [0.5, 0.6) is 0 Å². The van der Waals surface area contributed by atoms with Crippen molar-refractivity contribution in [2.45, 2.75) is 52.1 Å². The number of carbonyl (C=O) groups is 2. The highest BCUT2D eigenvalue weighted by atomic mass is 19.4. The molecule has 0 radical (unpaired) electrons. The number of carbonyl (C=O) groups excluding carboxylic acids is 2. The molecule has 1 aliphatic heterocycles. The number of amides is 2. The van der Waals surface area contributed by atoms with Gasteiger partial charge in [-0.25, -0.2) is 4.79 Å². The van der Waals surface area contributed by atoms with Gasteiger partial charge in [0.25, 0.3) is 0 Å². The van der Waals surface area contributed by atoms with Crippen molar-refractivity contribution < 1.29 is 27.5 Å². The lowest BCUT2D eigenvalue weighted by atomic mass is 9.98. The standard InChI is InChI=1S/C28H37F3N4O3/c1-27(2,3)38-26(37)35-14-13-20-10-8-12-24(22(20)19-35)32-17-25(36)34(16-15-33(4)5)18-21-9-6-7-11-23(21)28(29,30)31/h6-12,32H,13-19H2,1-5H3. The van der Waals surface area contributed by atoms with Crippen LogP contribution in [0.25, 0.3) is 0 Å². The van der Waals surface area contributed by atoms with Gasteiger partial charge >= 0.3 is 12.3 Å². The van der Waals surface area contributed by atoms with Crippen LogP contribution in [0.4, 0.5) is 23.7 Å². The lowest BCUT2D eigenvalue weighted by Gasteiger charge is -2.32. The molecule has 0 saturated heterocycles. The Hall–Kier alpha value is -3.27. The molecule has 1 N–H and O–H groups in total. The zero-order valence-corrected chi connectivity index (χ0v) is 22.7. The Labute approximate surface area is 222 Å². The molecule has 38 heavy (non-hydrogen) atoms. The number of nitrogens with zero attached hydrogens (tertiary/aromatic N) is 3. The number of ether oxygens (including phenoxy) is 1. The predicted molar refractivity (Wildman–Crippen MR) is 141 cm³/mol. The quantitative estimate of drug-likeness (QED) is 0.517. The van der Waals surface area contributed by atoms with Gasteiger partial charge in [0.1, 0.15) is 5.60 Å². The van der Waals surface area contributed by atoms with Crippen LogP contribution in [0.2, 0.25) is 0 Å². The lowest BCUT2D eigenvalue weighted by molar-refractivity contribution is -0.139. The highest BCUT2D eigenvalue weighted by Gasteiger charge is 2.33. The Morgan fingerprint density at radius 3 is 2.39 bits per heavy atom. The summed E-state index contributed by atoms with van der Waals surface area (Å²) in [6.45, 7) is 6.86. The summed E-state index contributed by atoms with van der Waals surface area (Å²) in [4.78, 5) is 30.9. The predicted octanol–water partition coefficient (Wildman–Crippen LogP) is 5.00. The monoisotopic (exact) mass is 534 g/mol. The number of anilines is 1. The van der Waals surface area contributed by atoms with Crippen LogP contribution in [-0.2, 0) is 35.2 Å². The fourth-order valence-electron chi connectivity index (χ4n) is 4.26. The molecule has 0 unspecified atom stereocenters. The largest absolute Gasteiger partial charge is 0.444 e. The van der Waals surface area contributed by atoms with E-state index in [9.17, 15) is 22.8 Å². The molecule has 0 bridgehead atoms. The van der Waals surface area contributed by atoms with E-state index in [2.05, 4.69) is 5.32 Å². The van der Waals surface area contributed by atoms with Crippen molar-refractivity contribution in [1.82, 2.24) is 14.7 Å². The van der Waals surface area contributed by atoms with Crippen LogP contribution in [0.15, 0.2) is 42.5 Å². The van der Waals surface area contributed by atoms with Gasteiger partial charge in [0.05, 0.1) is 18.7 Å². The molecular weight excluding hydrogens is 497 g/mol. The molecule has 7 nitrogen and oxygen atoms in total. The zero-order valence-electron chi connectivity index (χ0n) is 22.7.